The first-order chi connectivity index (χ1) is 9.40. The summed E-state index contributed by atoms with van der Waals surface area (Å²) in [6.07, 6.45) is 0. The number of sulfonamides is 1. The van der Waals surface area contributed by atoms with Crippen LogP contribution in [0.2, 0.25) is 0 Å². The zero-order valence-corrected chi connectivity index (χ0v) is 13.8. The summed E-state index contributed by atoms with van der Waals surface area (Å²) in [6, 6.07) is 12.4. The molecule has 0 heterocycles. The van der Waals surface area contributed by atoms with Crippen molar-refractivity contribution in [1.82, 2.24) is 4.72 Å². The van der Waals surface area contributed by atoms with Gasteiger partial charge < -0.3 is 0 Å². The van der Waals surface area contributed by atoms with E-state index >= 15 is 0 Å². The molecule has 0 saturated heterocycles. The Labute approximate surface area is 128 Å². The van der Waals surface area contributed by atoms with E-state index in [0.29, 0.717) is 6.54 Å². The molecule has 106 valence electrons. The predicted octanol–water partition coefficient (Wildman–Crippen LogP) is 3.54. The van der Waals surface area contributed by atoms with Gasteiger partial charge in [0.05, 0.1) is 4.90 Å². The van der Waals surface area contributed by atoms with Crippen LogP contribution in [0.5, 0.6) is 0 Å². The molecule has 0 saturated carbocycles. The van der Waals surface area contributed by atoms with Crippen LogP contribution >= 0.6 is 15.9 Å². The van der Waals surface area contributed by atoms with Gasteiger partial charge in [-0.25, -0.2) is 13.1 Å². The summed E-state index contributed by atoms with van der Waals surface area (Å²) in [4.78, 5) is 0.285. The maximum absolute atomic E-state index is 12.2. The number of halogens is 1. The second-order valence-electron chi connectivity index (χ2n) is 4.66. The summed E-state index contributed by atoms with van der Waals surface area (Å²) in [5.41, 5.74) is 3.13. The van der Waals surface area contributed by atoms with Crippen LogP contribution in [-0.2, 0) is 16.6 Å². The molecule has 3 nitrogen and oxygen atoms in total. The number of hydrogen-bond acceptors (Lipinski definition) is 2. The summed E-state index contributed by atoms with van der Waals surface area (Å²) < 4.78 is 28.0. The first kappa shape index (κ1) is 15.2. The quantitative estimate of drug-likeness (QED) is 0.913. The summed E-state index contributed by atoms with van der Waals surface area (Å²) >= 11 is 3.44. The van der Waals surface area contributed by atoms with E-state index < -0.39 is 10.0 Å². The van der Waals surface area contributed by atoms with Gasteiger partial charge >= 0.3 is 0 Å². The highest BCUT2D eigenvalue weighted by Crippen LogP contribution is 2.21. The topological polar surface area (TPSA) is 46.2 Å². The molecule has 0 bridgehead atoms. The minimum Gasteiger partial charge on any atom is -0.207 e. The lowest BCUT2D eigenvalue weighted by Gasteiger charge is -2.12. The third-order valence-corrected chi connectivity index (χ3v) is 5.03. The first-order valence-corrected chi connectivity index (χ1v) is 8.48. The van der Waals surface area contributed by atoms with E-state index in [2.05, 4.69) is 20.7 Å². The van der Waals surface area contributed by atoms with Crippen molar-refractivity contribution in [2.75, 3.05) is 0 Å². The molecular formula is C15H16BrNO2S. The van der Waals surface area contributed by atoms with Crippen LogP contribution in [0.15, 0.2) is 51.8 Å². The van der Waals surface area contributed by atoms with Gasteiger partial charge in [0, 0.05) is 11.0 Å². The largest absolute Gasteiger partial charge is 0.240 e. The minimum absolute atomic E-state index is 0.285. The highest BCUT2D eigenvalue weighted by Gasteiger charge is 2.14. The average molecular weight is 354 g/mol. The Morgan fingerprint density at radius 3 is 2.15 bits per heavy atom. The van der Waals surface area contributed by atoms with E-state index in [0.717, 1.165) is 21.2 Å². The molecule has 0 aliphatic rings. The van der Waals surface area contributed by atoms with Crippen LogP contribution in [0.1, 0.15) is 16.7 Å². The van der Waals surface area contributed by atoms with Crippen LogP contribution in [0.3, 0.4) is 0 Å². The number of benzene rings is 2. The van der Waals surface area contributed by atoms with Crippen molar-refractivity contribution in [2.45, 2.75) is 25.3 Å². The Morgan fingerprint density at radius 1 is 1.05 bits per heavy atom. The van der Waals surface area contributed by atoms with Gasteiger partial charge in [0.2, 0.25) is 10.0 Å². The van der Waals surface area contributed by atoms with Crippen LogP contribution in [0, 0.1) is 13.8 Å². The smallest absolute Gasteiger partial charge is 0.207 e. The van der Waals surface area contributed by atoms with Crippen molar-refractivity contribution >= 4 is 26.0 Å². The van der Waals surface area contributed by atoms with E-state index in [9.17, 15) is 8.42 Å². The zero-order valence-electron chi connectivity index (χ0n) is 11.4. The van der Waals surface area contributed by atoms with Gasteiger partial charge in [0.25, 0.3) is 0 Å². The maximum Gasteiger partial charge on any atom is 0.240 e. The van der Waals surface area contributed by atoms with Gasteiger partial charge in [-0.05, 0) is 54.8 Å². The molecular weight excluding hydrogens is 338 g/mol. The van der Waals surface area contributed by atoms with Crippen LogP contribution in [0.25, 0.3) is 0 Å². The molecule has 0 aliphatic heterocycles. The molecule has 0 aromatic heterocycles. The molecule has 5 heteroatoms. The van der Waals surface area contributed by atoms with Crippen LogP contribution in [0.4, 0.5) is 0 Å². The fraction of sp³-hybridized carbons (Fsp3) is 0.200. The SMILES string of the molecule is Cc1cc(Br)cc(C)c1CNS(=O)(=O)c1ccccc1. The van der Waals surface area contributed by atoms with Crippen molar-refractivity contribution in [2.24, 2.45) is 0 Å². The van der Waals surface area contributed by atoms with E-state index in [1.54, 1.807) is 30.3 Å². The lowest BCUT2D eigenvalue weighted by molar-refractivity contribution is 0.581. The van der Waals surface area contributed by atoms with Crippen molar-refractivity contribution in [1.29, 1.82) is 0 Å². The van der Waals surface area contributed by atoms with Crippen molar-refractivity contribution in [3.63, 3.8) is 0 Å². The van der Waals surface area contributed by atoms with E-state index in [1.165, 1.54) is 0 Å². The summed E-state index contributed by atoms with van der Waals surface area (Å²) in [6.45, 7) is 4.25. The fourth-order valence-corrected chi connectivity index (χ4v) is 3.77. The normalized spacial score (nSPS) is 11.6. The highest BCUT2D eigenvalue weighted by atomic mass is 79.9. The Bertz CT molecular complexity index is 689. The Balaban J connectivity index is 2.21. The maximum atomic E-state index is 12.2. The second-order valence-corrected chi connectivity index (χ2v) is 7.34. The van der Waals surface area contributed by atoms with Crippen LogP contribution < -0.4 is 4.72 Å². The second kappa shape index (κ2) is 6.08. The summed E-state index contributed by atoms with van der Waals surface area (Å²) in [5, 5.41) is 0. The molecule has 0 amide bonds. The lowest BCUT2D eigenvalue weighted by Crippen LogP contribution is -2.24. The standard InChI is InChI=1S/C15H16BrNO2S/c1-11-8-13(16)9-12(2)15(11)10-17-20(18,19)14-6-4-3-5-7-14/h3-9,17H,10H2,1-2H3. The van der Waals surface area contributed by atoms with Crippen LogP contribution in [-0.4, -0.2) is 8.42 Å². The van der Waals surface area contributed by atoms with Gasteiger partial charge in [-0.1, -0.05) is 34.1 Å². The third-order valence-electron chi connectivity index (χ3n) is 3.15. The lowest BCUT2D eigenvalue weighted by atomic mass is 10.0. The molecule has 1 N–H and O–H groups in total. The molecule has 0 radical (unpaired) electrons. The predicted molar refractivity (Wildman–Crippen MR) is 84.1 cm³/mol. The van der Waals surface area contributed by atoms with Crippen molar-refractivity contribution < 1.29 is 8.42 Å². The molecule has 20 heavy (non-hydrogen) atoms. The molecule has 0 aliphatic carbocycles. The van der Waals surface area contributed by atoms with E-state index in [4.69, 9.17) is 0 Å². The van der Waals surface area contributed by atoms with Gasteiger partial charge in [-0.15, -0.1) is 0 Å². The molecule has 0 fully saturated rings. The van der Waals surface area contributed by atoms with Gasteiger partial charge in [0.15, 0.2) is 0 Å². The zero-order chi connectivity index (χ0) is 14.8. The fourth-order valence-electron chi connectivity index (χ4n) is 2.07. The Hall–Kier alpha value is -1.17. The number of rotatable bonds is 4. The minimum atomic E-state index is -3.46. The monoisotopic (exact) mass is 353 g/mol. The highest BCUT2D eigenvalue weighted by molar-refractivity contribution is 9.10. The van der Waals surface area contributed by atoms with Gasteiger partial charge in [-0.3, -0.25) is 0 Å². The van der Waals surface area contributed by atoms with Gasteiger partial charge in [0.1, 0.15) is 0 Å². The van der Waals surface area contributed by atoms with Crippen molar-refractivity contribution in [3.8, 4) is 0 Å². The Kier molecular flexibility index (Phi) is 4.62. The first-order valence-electron chi connectivity index (χ1n) is 6.20. The molecule has 0 spiro atoms. The third kappa shape index (κ3) is 3.48. The van der Waals surface area contributed by atoms with E-state index in [1.807, 2.05) is 26.0 Å². The molecule has 2 rings (SSSR count). The molecule has 0 unspecified atom stereocenters. The van der Waals surface area contributed by atoms with Gasteiger partial charge in [-0.2, -0.15) is 0 Å². The number of aryl methyl sites for hydroxylation is 2. The van der Waals surface area contributed by atoms with E-state index in [-0.39, 0.29) is 4.90 Å². The summed E-state index contributed by atoms with van der Waals surface area (Å²) in [5.74, 6) is 0. The molecule has 2 aromatic carbocycles. The molecule has 0 atom stereocenters. The van der Waals surface area contributed by atoms with Crippen molar-refractivity contribution in [3.05, 3.63) is 63.6 Å². The number of hydrogen-bond donors (Lipinski definition) is 1. The average Bonchev–Trinajstić information content (AvgIpc) is 2.38. The molecule has 2 aromatic rings. The summed E-state index contributed by atoms with van der Waals surface area (Å²) in [7, 11) is -3.46. The number of nitrogens with one attached hydrogen (secondary N) is 1. The Morgan fingerprint density at radius 2 is 1.60 bits per heavy atom.